The zero-order valence-electron chi connectivity index (χ0n) is 14.5. The fourth-order valence-electron chi connectivity index (χ4n) is 3.57. The zero-order chi connectivity index (χ0) is 18.0. The van der Waals surface area contributed by atoms with Crippen LogP contribution in [0.4, 0.5) is 8.78 Å². The van der Waals surface area contributed by atoms with E-state index >= 15 is 0 Å². The summed E-state index contributed by atoms with van der Waals surface area (Å²) in [5.74, 6) is -1.78. The second-order valence-corrected chi connectivity index (χ2v) is 6.95. The van der Waals surface area contributed by atoms with E-state index < -0.39 is 11.6 Å². The monoisotopic (exact) mass is 350 g/mol. The summed E-state index contributed by atoms with van der Waals surface area (Å²) in [5.41, 5.74) is -0.166. The van der Waals surface area contributed by atoms with E-state index in [1.54, 1.807) is 0 Å². The molecule has 4 nitrogen and oxygen atoms in total. The molecule has 1 aromatic rings. The SMILES string of the molecule is CCN(C(=O)CN1CCC(C(=O)c2cc(F)ccc2F)CC1)C1CC1. The molecule has 0 aromatic heterocycles. The summed E-state index contributed by atoms with van der Waals surface area (Å²) in [7, 11) is 0. The Labute approximate surface area is 146 Å². The molecule has 25 heavy (non-hydrogen) atoms. The summed E-state index contributed by atoms with van der Waals surface area (Å²) in [6.07, 6.45) is 3.32. The van der Waals surface area contributed by atoms with E-state index in [4.69, 9.17) is 0 Å². The first-order valence-corrected chi connectivity index (χ1v) is 9.00. The summed E-state index contributed by atoms with van der Waals surface area (Å²) >= 11 is 0. The van der Waals surface area contributed by atoms with Crippen LogP contribution in [0.1, 0.15) is 43.0 Å². The molecule has 1 aliphatic heterocycles. The van der Waals surface area contributed by atoms with Crippen molar-refractivity contribution in [3.05, 3.63) is 35.4 Å². The number of carbonyl (C=O) groups is 2. The number of hydrogen-bond acceptors (Lipinski definition) is 3. The maximum absolute atomic E-state index is 13.8. The highest BCUT2D eigenvalue weighted by Gasteiger charge is 2.33. The maximum Gasteiger partial charge on any atom is 0.236 e. The van der Waals surface area contributed by atoms with Crippen molar-refractivity contribution in [2.45, 2.75) is 38.6 Å². The minimum absolute atomic E-state index is 0.144. The molecule has 0 N–H and O–H groups in total. The summed E-state index contributed by atoms with van der Waals surface area (Å²) in [4.78, 5) is 28.8. The molecule has 136 valence electrons. The molecule has 0 radical (unpaired) electrons. The minimum atomic E-state index is -0.674. The fourth-order valence-corrected chi connectivity index (χ4v) is 3.57. The maximum atomic E-state index is 13.8. The number of amides is 1. The molecular weight excluding hydrogens is 326 g/mol. The lowest BCUT2D eigenvalue weighted by atomic mass is 9.88. The molecule has 6 heteroatoms. The molecule has 0 bridgehead atoms. The Morgan fingerprint density at radius 1 is 1.16 bits per heavy atom. The Kier molecular flexibility index (Phi) is 5.47. The summed E-state index contributed by atoms with van der Waals surface area (Å²) in [6.45, 7) is 4.36. The van der Waals surface area contributed by atoms with Crippen molar-refractivity contribution in [2.75, 3.05) is 26.2 Å². The van der Waals surface area contributed by atoms with Crippen molar-refractivity contribution in [3.63, 3.8) is 0 Å². The molecule has 1 saturated heterocycles. The van der Waals surface area contributed by atoms with E-state index in [9.17, 15) is 18.4 Å². The van der Waals surface area contributed by atoms with Crippen LogP contribution in [0.25, 0.3) is 0 Å². The van der Waals surface area contributed by atoms with Crippen LogP contribution in [0.3, 0.4) is 0 Å². The standard InChI is InChI=1S/C19H24F2N2O2/c1-2-23(15-4-5-15)18(24)12-22-9-7-13(8-10-22)19(25)16-11-14(20)3-6-17(16)21/h3,6,11,13,15H,2,4-5,7-10,12H2,1H3. The van der Waals surface area contributed by atoms with E-state index in [1.807, 2.05) is 11.8 Å². The van der Waals surface area contributed by atoms with Gasteiger partial charge in [0.15, 0.2) is 5.78 Å². The van der Waals surface area contributed by atoms with Crippen LogP contribution >= 0.6 is 0 Å². The number of benzene rings is 1. The number of halogens is 2. The van der Waals surface area contributed by atoms with Crippen molar-refractivity contribution >= 4 is 11.7 Å². The number of Topliss-reactive ketones (excluding diaryl/α,β-unsaturated/α-hetero) is 1. The van der Waals surface area contributed by atoms with Crippen LogP contribution in [-0.4, -0.2) is 53.7 Å². The van der Waals surface area contributed by atoms with Gasteiger partial charge >= 0.3 is 0 Å². The molecule has 2 aliphatic rings. The van der Waals surface area contributed by atoms with E-state index in [0.717, 1.165) is 37.6 Å². The Morgan fingerprint density at radius 3 is 2.44 bits per heavy atom. The average molecular weight is 350 g/mol. The molecule has 2 fully saturated rings. The average Bonchev–Trinajstić information content (AvgIpc) is 3.43. The number of hydrogen-bond donors (Lipinski definition) is 0. The van der Waals surface area contributed by atoms with Gasteiger partial charge in [0.1, 0.15) is 11.6 Å². The van der Waals surface area contributed by atoms with Gasteiger partial charge in [-0.05, 0) is 63.9 Å². The molecule has 0 atom stereocenters. The molecule has 1 aliphatic carbocycles. The first kappa shape index (κ1) is 18.0. The highest BCUT2D eigenvalue weighted by atomic mass is 19.1. The van der Waals surface area contributed by atoms with Crippen LogP contribution < -0.4 is 0 Å². The third kappa shape index (κ3) is 4.24. The van der Waals surface area contributed by atoms with Gasteiger partial charge in [0.2, 0.25) is 5.91 Å². The number of likely N-dealkylation sites (tertiary alicyclic amines) is 1. The number of ketones is 1. The predicted octanol–water partition coefficient (Wildman–Crippen LogP) is 2.87. The number of piperidine rings is 1. The third-order valence-electron chi connectivity index (χ3n) is 5.16. The summed E-state index contributed by atoms with van der Waals surface area (Å²) < 4.78 is 27.1. The second-order valence-electron chi connectivity index (χ2n) is 6.95. The van der Waals surface area contributed by atoms with Gasteiger partial charge in [-0.15, -0.1) is 0 Å². The molecule has 1 heterocycles. The highest BCUT2D eigenvalue weighted by molar-refractivity contribution is 5.98. The lowest BCUT2D eigenvalue weighted by molar-refractivity contribution is -0.133. The Balaban J connectivity index is 1.53. The Bertz CT molecular complexity index is 653. The van der Waals surface area contributed by atoms with Crippen molar-refractivity contribution in [2.24, 2.45) is 5.92 Å². The largest absolute Gasteiger partial charge is 0.339 e. The first-order valence-electron chi connectivity index (χ1n) is 9.00. The number of likely N-dealkylation sites (N-methyl/N-ethyl adjacent to an activating group) is 1. The van der Waals surface area contributed by atoms with Gasteiger partial charge in [-0.2, -0.15) is 0 Å². The lowest BCUT2D eigenvalue weighted by Gasteiger charge is -2.32. The van der Waals surface area contributed by atoms with E-state index in [2.05, 4.69) is 4.90 Å². The van der Waals surface area contributed by atoms with Gasteiger partial charge in [0, 0.05) is 18.5 Å². The van der Waals surface area contributed by atoms with E-state index in [1.165, 1.54) is 0 Å². The van der Waals surface area contributed by atoms with E-state index in [0.29, 0.717) is 38.5 Å². The number of carbonyl (C=O) groups excluding carboxylic acids is 2. The molecular formula is C19H24F2N2O2. The number of nitrogens with zero attached hydrogens (tertiary/aromatic N) is 2. The van der Waals surface area contributed by atoms with Gasteiger partial charge in [-0.3, -0.25) is 14.5 Å². The van der Waals surface area contributed by atoms with Crippen LogP contribution in [0.5, 0.6) is 0 Å². The summed E-state index contributed by atoms with van der Waals surface area (Å²) in [6, 6.07) is 3.39. The van der Waals surface area contributed by atoms with Crippen LogP contribution in [0.2, 0.25) is 0 Å². The second kappa shape index (κ2) is 7.60. The normalized spacial score (nSPS) is 19.0. The first-order chi connectivity index (χ1) is 12.0. The summed E-state index contributed by atoms with van der Waals surface area (Å²) in [5, 5.41) is 0. The predicted molar refractivity (Wildman–Crippen MR) is 90.3 cm³/mol. The molecule has 1 amide bonds. The van der Waals surface area contributed by atoms with Crippen molar-refractivity contribution in [1.29, 1.82) is 0 Å². The van der Waals surface area contributed by atoms with Gasteiger partial charge < -0.3 is 4.90 Å². The molecule has 0 unspecified atom stereocenters. The number of rotatable bonds is 6. The van der Waals surface area contributed by atoms with Gasteiger partial charge in [0.25, 0.3) is 0 Å². The zero-order valence-corrected chi connectivity index (χ0v) is 14.5. The van der Waals surface area contributed by atoms with Crippen LogP contribution in [0.15, 0.2) is 18.2 Å². The fraction of sp³-hybridized carbons (Fsp3) is 0.579. The van der Waals surface area contributed by atoms with Crippen LogP contribution in [-0.2, 0) is 4.79 Å². The van der Waals surface area contributed by atoms with Gasteiger partial charge in [0.05, 0.1) is 12.1 Å². The van der Waals surface area contributed by atoms with Crippen LogP contribution in [0, 0.1) is 17.6 Å². The Morgan fingerprint density at radius 2 is 1.84 bits per heavy atom. The highest BCUT2D eigenvalue weighted by Crippen LogP contribution is 2.27. The van der Waals surface area contributed by atoms with Gasteiger partial charge in [-0.1, -0.05) is 0 Å². The van der Waals surface area contributed by atoms with Crippen molar-refractivity contribution in [1.82, 2.24) is 9.80 Å². The molecule has 0 spiro atoms. The molecule has 3 rings (SSSR count). The lowest BCUT2D eigenvalue weighted by Crippen LogP contribution is -2.45. The van der Waals surface area contributed by atoms with Crippen molar-refractivity contribution in [3.8, 4) is 0 Å². The minimum Gasteiger partial charge on any atom is -0.339 e. The topological polar surface area (TPSA) is 40.6 Å². The molecule has 1 aromatic carbocycles. The molecule has 1 saturated carbocycles. The van der Waals surface area contributed by atoms with Gasteiger partial charge in [-0.25, -0.2) is 8.78 Å². The third-order valence-corrected chi connectivity index (χ3v) is 5.16. The van der Waals surface area contributed by atoms with Crippen molar-refractivity contribution < 1.29 is 18.4 Å². The smallest absolute Gasteiger partial charge is 0.236 e. The van der Waals surface area contributed by atoms with E-state index in [-0.39, 0.29) is 23.2 Å². The Hall–Kier alpha value is -1.82. The quantitative estimate of drug-likeness (QED) is 0.741.